The molecule has 2 unspecified atom stereocenters. The number of nitrogens with one attached hydrogen (secondary N) is 2. The minimum absolute atomic E-state index is 0.0179. The summed E-state index contributed by atoms with van der Waals surface area (Å²) >= 11 is 1.27. The first-order valence-corrected chi connectivity index (χ1v) is 11.6. The second-order valence-corrected chi connectivity index (χ2v) is 9.06. The first kappa shape index (κ1) is 24.0. The first-order chi connectivity index (χ1) is 16.2. The summed E-state index contributed by atoms with van der Waals surface area (Å²) in [5.74, 6) is -0.209. The van der Waals surface area contributed by atoms with Gasteiger partial charge in [-0.1, -0.05) is 12.8 Å². The van der Waals surface area contributed by atoms with Gasteiger partial charge >= 0.3 is 6.18 Å². The van der Waals surface area contributed by atoms with E-state index in [-0.39, 0.29) is 12.1 Å². The quantitative estimate of drug-likeness (QED) is 0.334. The number of rotatable bonds is 7. The molecule has 1 saturated carbocycles. The van der Waals surface area contributed by atoms with Crippen LogP contribution in [-0.4, -0.2) is 21.7 Å². The summed E-state index contributed by atoms with van der Waals surface area (Å²) in [5.41, 5.74) is 12.7. The van der Waals surface area contributed by atoms with Gasteiger partial charge in [-0.3, -0.25) is 9.48 Å². The summed E-state index contributed by atoms with van der Waals surface area (Å²) in [6, 6.07) is 12.1. The molecule has 1 aromatic heterocycles. The minimum Gasteiger partial charge on any atom is -0.365 e. The number of carbonyl (C=O) groups is 1. The highest BCUT2D eigenvalue weighted by molar-refractivity contribution is 8.00. The predicted octanol–water partition coefficient (Wildman–Crippen LogP) is 5.31. The lowest BCUT2D eigenvalue weighted by molar-refractivity contribution is -0.137. The Balaban J connectivity index is 1.41. The Morgan fingerprint density at radius 3 is 2.29 bits per heavy atom. The number of hydrogen-bond donors (Lipinski definition) is 4. The Hall–Kier alpha value is -3.18. The number of nitrogens with zero attached hydrogens (tertiary/aromatic N) is 2. The molecule has 11 heteroatoms. The molecule has 0 bridgehead atoms. The van der Waals surface area contributed by atoms with Crippen LogP contribution in [-0.2, 0) is 6.18 Å². The van der Waals surface area contributed by atoms with E-state index in [0.717, 1.165) is 42.7 Å². The van der Waals surface area contributed by atoms with Crippen LogP contribution in [0.4, 0.5) is 30.4 Å². The summed E-state index contributed by atoms with van der Waals surface area (Å²) in [6.07, 6.45) is 1.26. The third-order valence-electron chi connectivity index (χ3n) is 5.73. The van der Waals surface area contributed by atoms with E-state index in [9.17, 15) is 18.0 Å². The molecule has 1 aliphatic carbocycles. The van der Waals surface area contributed by atoms with Crippen molar-refractivity contribution in [2.75, 3.05) is 10.0 Å². The lowest BCUT2D eigenvalue weighted by Gasteiger charge is -2.28. The topological polar surface area (TPSA) is 111 Å². The predicted molar refractivity (Wildman–Crippen MR) is 127 cm³/mol. The lowest BCUT2D eigenvalue weighted by Crippen LogP contribution is -2.35. The minimum atomic E-state index is -4.36. The highest BCUT2D eigenvalue weighted by Gasteiger charge is 2.30. The number of nitrogens with two attached hydrogens (primary N) is 2. The molecule has 1 aliphatic rings. The number of aromatic nitrogens is 2. The molecule has 4 rings (SSSR count). The van der Waals surface area contributed by atoms with E-state index in [0.29, 0.717) is 22.8 Å². The fraction of sp³-hybridized carbons (Fsp3) is 0.304. The molecule has 2 atom stereocenters. The molecule has 0 aliphatic heterocycles. The molecule has 0 radical (unpaired) electrons. The van der Waals surface area contributed by atoms with Crippen molar-refractivity contribution in [2.24, 2.45) is 11.5 Å². The average Bonchev–Trinajstić information content (AvgIpc) is 3.22. The van der Waals surface area contributed by atoms with E-state index < -0.39 is 17.6 Å². The highest BCUT2D eigenvalue weighted by Crippen LogP contribution is 2.32. The van der Waals surface area contributed by atoms with Crippen molar-refractivity contribution < 1.29 is 18.0 Å². The second-order valence-electron chi connectivity index (χ2n) is 8.18. The van der Waals surface area contributed by atoms with Crippen LogP contribution in [0.3, 0.4) is 0 Å². The zero-order chi connectivity index (χ0) is 24.3. The number of hydrogen-bond acceptors (Lipinski definition) is 6. The van der Waals surface area contributed by atoms with Crippen LogP contribution < -0.4 is 21.5 Å². The van der Waals surface area contributed by atoms with Crippen LogP contribution >= 0.6 is 11.9 Å². The van der Waals surface area contributed by atoms with E-state index in [1.165, 1.54) is 24.1 Å². The zero-order valence-electron chi connectivity index (χ0n) is 18.2. The summed E-state index contributed by atoms with van der Waals surface area (Å²) < 4.78 is 42.8. The smallest absolute Gasteiger partial charge is 0.365 e. The number of halogens is 3. The molecule has 0 saturated heterocycles. The maximum Gasteiger partial charge on any atom is 0.416 e. The van der Waals surface area contributed by atoms with Gasteiger partial charge in [0.05, 0.1) is 11.6 Å². The van der Waals surface area contributed by atoms with Crippen LogP contribution in [0.1, 0.15) is 47.6 Å². The van der Waals surface area contributed by atoms with Gasteiger partial charge in [0.15, 0.2) is 5.82 Å². The van der Waals surface area contributed by atoms with Gasteiger partial charge in [0.2, 0.25) is 0 Å². The van der Waals surface area contributed by atoms with E-state index in [1.807, 2.05) is 24.3 Å². The highest BCUT2D eigenvalue weighted by atomic mass is 32.2. The van der Waals surface area contributed by atoms with Crippen molar-refractivity contribution in [1.82, 2.24) is 9.78 Å². The molecule has 7 nitrogen and oxygen atoms in total. The zero-order valence-corrected chi connectivity index (χ0v) is 19.0. The number of alkyl halides is 3. The monoisotopic (exact) mass is 490 g/mol. The fourth-order valence-electron chi connectivity index (χ4n) is 3.89. The van der Waals surface area contributed by atoms with Crippen molar-refractivity contribution >= 4 is 35.0 Å². The Bertz CT molecular complexity index is 1130. The Morgan fingerprint density at radius 1 is 1.03 bits per heavy atom. The van der Waals surface area contributed by atoms with Crippen LogP contribution in [0.5, 0.6) is 0 Å². The molecular formula is C23H25F3N6OS. The Labute approximate surface area is 199 Å². The molecular weight excluding hydrogens is 465 g/mol. The Morgan fingerprint density at radius 2 is 1.68 bits per heavy atom. The van der Waals surface area contributed by atoms with Gasteiger partial charge in [-0.25, -0.2) is 0 Å². The molecule has 0 spiro atoms. The van der Waals surface area contributed by atoms with Gasteiger partial charge in [0, 0.05) is 28.5 Å². The maximum atomic E-state index is 12.7. The van der Waals surface area contributed by atoms with Crippen LogP contribution in [0.25, 0.3) is 0 Å². The third-order valence-corrected chi connectivity index (χ3v) is 6.58. The largest absolute Gasteiger partial charge is 0.416 e. The summed E-state index contributed by atoms with van der Waals surface area (Å²) in [5, 5.41) is 7.69. The molecule has 1 fully saturated rings. The van der Waals surface area contributed by atoms with E-state index in [4.69, 9.17) is 11.5 Å². The number of primary amides is 1. The van der Waals surface area contributed by atoms with Crippen LogP contribution in [0.2, 0.25) is 0 Å². The standard InChI is InChI=1S/C23H25F3N6OS/c24-23(25,26)14-5-7-16(8-6-14)31-34-17-11-9-15(10-12-17)29-22-18(21(28)33)13-32(30-22)20-4-2-1-3-19(20)27/h5-13,19-20,31H,1-4,27H2,(H2,28,33)(H,29,30). The van der Waals surface area contributed by atoms with Crippen molar-refractivity contribution in [2.45, 2.75) is 48.8 Å². The number of benzene rings is 2. The van der Waals surface area contributed by atoms with Gasteiger partial charge in [-0.05, 0) is 73.3 Å². The number of anilines is 3. The number of amides is 1. The summed E-state index contributed by atoms with van der Waals surface area (Å²) in [6.45, 7) is 0. The van der Waals surface area contributed by atoms with Crippen molar-refractivity contribution in [1.29, 1.82) is 0 Å². The van der Waals surface area contributed by atoms with Crippen LogP contribution in [0, 0.1) is 0 Å². The van der Waals surface area contributed by atoms with Gasteiger partial charge in [-0.2, -0.15) is 18.3 Å². The average molecular weight is 491 g/mol. The first-order valence-electron chi connectivity index (χ1n) is 10.8. The molecule has 34 heavy (non-hydrogen) atoms. The SMILES string of the molecule is NC(=O)c1cn(C2CCCCC2N)nc1Nc1ccc(SNc2ccc(C(F)(F)F)cc2)cc1. The van der Waals surface area contributed by atoms with Gasteiger partial charge in [-0.15, -0.1) is 0 Å². The third kappa shape index (κ3) is 5.65. The Kier molecular flexibility index (Phi) is 7.03. The van der Waals surface area contributed by atoms with Crippen molar-refractivity contribution in [3.05, 3.63) is 65.9 Å². The fourth-order valence-corrected chi connectivity index (χ4v) is 4.53. The van der Waals surface area contributed by atoms with Gasteiger partial charge < -0.3 is 21.5 Å². The molecule has 2 aromatic carbocycles. The summed E-state index contributed by atoms with van der Waals surface area (Å²) in [7, 11) is 0. The van der Waals surface area contributed by atoms with E-state index in [1.54, 1.807) is 10.9 Å². The summed E-state index contributed by atoms with van der Waals surface area (Å²) in [4.78, 5) is 12.8. The van der Waals surface area contributed by atoms with Crippen LogP contribution in [0.15, 0.2) is 59.6 Å². The van der Waals surface area contributed by atoms with E-state index >= 15 is 0 Å². The molecule has 3 aromatic rings. The normalized spacial score (nSPS) is 18.5. The molecule has 1 heterocycles. The maximum absolute atomic E-state index is 12.7. The second kappa shape index (κ2) is 9.98. The van der Waals surface area contributed by atoms with Crippen molar-refractivity contribution in [3.63, 3.8) is 0 Å². The molecule has 6 N–H and O–H groups in total. The van der Waals surface area contributed by atoms with Gasteiger partial charge in [0.25, 0.3) is 5.91 Å². The van der Waals surface area contributed by atoms with Crippen molar-refractivity contribution in [3.8, 4) is 0 Å². The lowest BCUT2D eigenvalue weighted by atomic mass is 9.91. The van der Waals surface area contributed by atoms with E-state index in [2.05, 4.69) is 15.1 Å². The molecule has 1 amide bonds. The molecule has 180 valence electrons. The number of carbonyl (C=O) groups excluding carboxylic acids is 1. The van der Waals surface area contributed by atoms with Gasteiger partial charge in [0.1, 0.15) is 5.56 Å².